The molecule has 0 aromatic carbocycles. The fraction of sp³-hybridized carbons (Fsp3) is 0.944. The Bertz CT molecular complexity index is 395. The molecule has 0 bridgehead atoms. The van der Waals surface area contributed by atoms with E-state index >= 15 is 0 Å². The quantitative estimate of drug-likeness (QED) is 0.341. The molecule has 0 amide bonds. The van der Waals surface area contributed by atoms with E-state index in [4.69, 9.17) is 9.47 Å². The minimum absolute atomic E-state index is 0. The predicted molar refractivity (Wildman–Crippen MR) is 114 cm³/mol. The number of aliphatic imine (C=N–C) groups is 1. The Labute approximate surface area is 170 Å². The average molecular weight is 468 g/mol. The highest BCUT2D eigenvalue weighted by atomic mass is 127. The standard InChI is InChI=1S/C18H36N4O2.HI/c1-15(2)12-16(22-7-10-23-11-8-22)13-20-17(19-4)21-14-18(3)6-5-9-24-18;/h15-16H,5-14H2,1-4H3,(H2,19,20,21);1H. The molecule has 0 radical (unpaired) electrons. The van der Waals surface area contributed by atoms with Crippen LogP contribution in [0.2, 0.25) is 0 Å². The maximum atomic E-state index is 5.84. The van der Waals surface area contributed by atoms with Crippen molar-refractivity contribution in [3.63, 3.8) is 0 Å². The van der Waals surface area contributed by atoms with Gasteiger partial charge in [-0.25, -0.2) is 0 Å². The van der Waals surface area contributed by atoms with E-state index in [0.717, 1.165) is 64.8 Å². The van der Waals surface area contributed by atoms with Crippen molar-refractivity contribution in [2.75, 3.05) is 53.0 Å². The molecule has 25 heavy (non-hydrogen) atoms. The van der Waals surface area contributed by atoms with Gasteiger partial charge >= 0.3 is 0 Å². The first-order chi connectivity index (χ1) is 11.5. The summed E-state index contributed by atoms with van der Waals surface area (Å²) in [6, 6.07) is 0.519. The van der Waals surface area contributed by atoms with E-state index in [9.17, 15) is 0 Å². The summed E-state index contributed by atoms with van der Waals surface area (Å²) in [6.07, 6.45) is 3.45. The van der Waals surface area contributed by atoms with Crippen molar-refractivity contribution in [3.05, 3.63) is 0 Å². The maximum Gasteiger partial charge on any atom is 0.191 e. The summed E-state index contributed by atoms with van der Waals surface area (Å²) in [7, 11) is 1.83. The van der Waals surface area contributed by atoms with Crippen LogP contribution in [0.3, 0.4) is 0 Å². The Hall–Kier alpha value is -0.120. The van der Waals surface area contributed by atoms with E-state index < -0.39 is 0 Å². The van der Waals surface area contributed by atoms with Crippen molar-refractivity contribution >= 4 is 29.9 Å². The van der Waals surface area contributed by atoms with Gasteiger partial charge < -0.3 is 20.1 Å². The molecular formula is C18H37IN4O2. The number of nitrogens with zero attached hydrogens (tertiary/aromatic N) is 2. The van der Waals surface area contributed by atoms with Gasteiger partial charge in [0.25, 0.3) is 0 Å². The molecule has 2 saturated heterocycles. The SMILES string of the molecule is CN=C(NCC(CC(C)C)N1CCOCC1)NCC1(C)CCCO1.I. The zero-order valence-electron chi connectivity index (χ0n) is 16.3. The van der Waals surface area contributed by atoms with Crippen LogP contribution in [0.1, 0.15) is 40.0 Å². The molecule has 2 aliphatic heterocycles. The van der Waals surface area contributed by atoms with Gasteiger partial charge in [-0.05, 0) is 32.1 Å². The highest BCUT2D eigenvalue weighted by Gasteiger charge is 2.30. The maximum absolute atomic E-state index is 5.84. The number of morpholine rings is 1. The highest BCUT2D eigenvalue weighted by Crippen LogP contribution is 2.23. The summed E-state index contributed by atoms with van der Waals surface area (Å²) in [6.45, 7) is 13.1. The van der Waals surface area contributed by atoms with Crippen LogP contribution in [0.25, 0.3) is 0 Å². The van der Waals surface area contributed by atoms with E-state index in [1.54, 1.807) is 0 Å². The van der Waals surface area contributed by atoms with Crippen LogP contribution >= 0.6 is 24.0 Å². The molecule has 0 aliphatic carbocycles. The van der Waals surface area contributed by atoms with E-state index in [0.29, 0.717) is 12.0 Å². The second kappa shape index (κ2) is 11.6. The van der Waals surface area contributed by atoms with Crippen LogP contribution in [0, 0.1) is 5.92 Å². The second-order valence-electron chi connectivity index (χ2n) is 7.64. The van der Waals surface area contributed by atoms with Gasteiger partial charge in [0.1, 0.15) is 0 Å². The van der Waals surface area contributed by atoms with E-state index in [2.05, 4.69) is 41.3 Å². The molecule has 6 nitrogen and oxygen atoms in total. The first-order valence-electron chi connectivity index (χ1n) is 9.43. The lowest BCUT2D eigenvalue weighted by atomic mass is 10.0. The second-order valence-corrected chi connectivity index (χ2v) is 7.64. The average Bonchev–Trinajstić information content (AvgIpc) is 3.01. The minimum atomic E-state index is -0.0564. The molecule has 0 spiro atoms. The molecule has 2 atom stereocenters. The molecule has 2 fully saturated rings. The Kier molecular flexibility index (Phi) is 10.6. The molecule has 2 rings (SSSR count). The molecule has 0 aromatic heterocycles. The van der Waals surface area contributed by atoms with Crippen molar-refractivity contribution in [1.29, 1.82) is 0 Å². The number of ether oxygens (including phenoxy) is 2. The Morgan fingerprint density at radius 3 is 2.48 bits per heavy atom. The van der Waals surface area contributed by atoms with Crippen molar-refractivity contribution in [1.82, 2.24) is 15.5 Å². The third-order valence-electron chi connectivity index (χ3n) is 4.96. The zero-order chi connectivity index (χ0) is 17.4. The summed E-state index contributed by atoms with van der Waals surface area (Å²) in [5, 5.41) is 6.95. The fourth-order valence-electron chi connectivity index (χ4n) is 3.53. The van der Waals surface area contributed by atoms with Crippen molar-refractivity contribution in [2.45, 2.75) is 51.7 Å². The number of hydrogen-bond acceptors (Lipinski definition) is 4. The van der Waals surface area contributed by atoms with Crippen molar-refractivity contribution < 1.29 is 9.47 Å². The Morgan fingerprint density at radius 2 is 1.92 bits per heavy atom. The zero-order valence-corrected chi connectivity index (χ0v) is 18.7. The Balaban J connectivity index is 0.00000312. The van der Waals surface area contributed by atoms with Crippen LogP contribution in [0.15, 0.2) is 4.99 Å². The molecule has 2 heterocycles. The lowest BCUT2D eigenvalue weighted by Gasteiger charge is -2.36. The lowest BCUT2D eigenvalue weighted by molar-refractivity contribution is 0.0130. The van der Waals surface area contributed by atoms with Gasteiger partial charge in [-0.2, -0.15) is 0 Å². The number of rotatable bonds is 7. The minimum Gasteiger partial charge on any atom is -0.379 e. The fourth-order valence-corrected chi connectivity index (χ4v) is 3.53. The van der Waals surface area contributed by atoms with Crippen LogP contribution in [-0.4, -0.2) is 75.5 Å². The third-order valence-corrected chi connectivity index (χ3v) is 4.96. The van der Waals surface area contributed by atoms with Gasteiger partial charge in [-0.15, -0.1) is 24.0 Å². The van der Waals surface area contributed by atoms with Gasteiger partial charge in [-0.1, -0.05) is 13.8 Å². The summed E-state index contributed by atoms with van der Waals surface area (Å²) in [5.41, 5.74) is -0.0564. The largest absolute Gasteiger partial charge is 0.379 e. The van der Waals surface area contributed by atoms with E-state index in [1.165, 1.54) is 6.42 Å². The predicted octanol–water partition coefficient (Wildman–Crippen LogP) is 2.09. The molecule has 2 aliphatic rings. The van der Waals surface area contributed by atoms with Crippen LogP contribution in [-0.2, 0) is 9.47 Å². The van der Waals surface area contributed by atoms with E-state index in [1.807, 2.05) is 7.05 Å². The molecule has 2 N–H and O–H groups in total. The molecular weight excluding hydrogens is 431 g/mol. The first kappa shape index (κ1) is 22.9. The summed E-state index contributed by atoms with van der Waals surface area (Å²) < 4.78 is 11.3. The third kappa shape index (κ3) is 7.97. The first-order valence-corrected chi connectivity index (χ1v) is 9.43. The van der Waals surface area contributed by atoms with Crippen molar-refractivity contribution in [3.8, 4) is 0 Å². The summed E-state index contributed by atoms with van der Waals surface area (Å²) in [4.78, 5) is 6.92. The lowest BCUT2D eigenvalue weighted by Crippen LogP contribution is -2.52. The number of guanidine groups is 1. The van der Waals surface area contributed by atoms with Crippen LogP contribution in [0.4, 0.5) is 0 Å². The highest BCUT2D eigenvalue weighted by molar-refractivity contribution is 14.0. The monoisotopic (exact) mass is 468 g/mol. The van der Waals surface area contributed by atoms with Gasteiger partial charge in [0.2, 0.25) is 0 Å². The van der Waals surface area contributed by atoms with E-state index in [-0.39, 0.29) is 29.6 Å². The van der Waals surface area contributed by atoms with Crippen LogP contribution < -0.4 is 10.6 Å². The molecule has 0 saturated carbocycles. The number of nitrogens with one attached hydrogen (secondary N) is 2. The Morgan fingerprint density at radius 1 is 1.20 bits per heavy atom. The topological polar surface area (TPSA) is 58.1 Å². The van der Waals surface area contributed by atoms with Gasteiger partial charge in [0.15, 0.2) is 5.96 Å². The van der Waals surface area contributed by atoms with Gasteiger partial charge in [-0.3, -0.25) is 9.89 Å². The normalized spacial score (nSPS) is 26.4. The molecule has 7 heteroatoms. The number of hydrogen-bond donors (Lipinski definition) is 2. The summed E-state index contributed by atoms with van der Waals surface area (Å²) >= 11 is 0. The van der Waals surface area contributed by atoms with Gasteiger partial charge in [0, 0.05) is 45.9 Å². The molecule has 148 valence electrons. The van der Waals surface area contributed by atoms with Crippen LogP contribution in [0.5, 0.6) is 0 Å². The van der Waals surface area contributed by atoms with Crippen molar-refractivity contribution in [2.24, 2.45) is 10.9 Å². The van der Waals surface area contributed by atoms with Gasteiger partial charge in [0.05, 0.1) is 18.8 Å². The summed E-state index contributed by atoms with van der Waals surface area (Å²) in [5.74, 6) is 1.55. The molecule has 0 aromatic rings. The molecule has 2 unspecified atom stereocenters. The smallest absolute Gasteiger partial charge is 0.191 e. The number of halogens is 1.